The van der Waals surface area contributed by atoms with E-state index in [-0.39, 0.29) is 34.4 Å². The molecule has 3 rings (SSSR count). The van der Waals surface area contributed by atoms with Crippen molar-refractivity contribution in [1.29, 1.82) is 0 Å². The monoisotopic (exact) mass is 411 g/mol. The third-order valence-electron chi connectivity index (χ3n) is 4.30. The van der Waals surface area contributed by atoms with Crippen LogP contribution in [0.5, 0.6) is 5.75 Å². The molecule has 2 amide bonds. The number of carbonyl (C=O) groups is 3. The molecule has 0 saturated carbocycles. The van der Waals surface area contributed by atoms with E-state index >= 15 is 0 Å². The molecule has 0 unspecified atom stereocenters. The lowest BCUT2D eigenvalue weighted by Crippen LogP contribution is -2.37. The number of imide groups is 1. The number of likely N-dealkylation sites (tertiary alicyclic amines) is 1. The van der Waals surface area contributed by atoms with Gasteiger partial charge in [-0.25, -0.2) is 4.79 Å². The van der Waals surface area contributed by atoms with Crippen LogP contribution in [0.3, 0.4) is 0 Å². The molecule has 7 heteroatoms. The lowest BCUT2D eigenvalue weighted by Gasteiger charge is -2.15. The van der Waals surface area contributed by atoms with Gasteiger partial charge in [0.05, 0.1) is 16.9 Å². The zero-order valence-corrected chi connectivity index (χ0v) is 15.3. The Morgan fingerprint density at radius 1 is 1.25 bits per heavy atom. The van der Waals surface area contributed by atoms with Gasteiger partial charge in [0.15, 0.2) is 5.75 Å². The molecule has 2 aliphatic rings. The van der Waals surface area contributed by atoms with Gasteiger partial charge in [0, 0.05) is 4.47 Å². The lowest BCUT2D eigenvalue weighted by atomic mass is 9.85. The summed E-state index contributed by atoms with van der Waals surface area (Å²) >= 11 is 9.40. The molecular formula is C17H15BrClNO4. The van der Waals surface area contributed by atoms with Gasteiger partial charge in [-0.1, -0.05) is 39.7 Å². The number of halogens is 2. The summed E-state index contributed by atoms with van der Waals surface area (Å²) in [5.74, 6) is -1.75. The molecule has 0 aromatic heterocycles. The molecule has 0 radical (unpaired) electrons. The van der Waals surface area contributed by atoms with Crippen molar-refractivity contribution < 1.29 is 19.1 Å². The van der Waals surface area contributed by atoms with E-state index in [1.807, 2.05) is 12.2 Å². The van der Waals surface area contributed by atoms with E-state index in [1.165, 1.54) is 0 Å². The molecule has 1 aromatic carbocycles. The van der Waals surface area contributed by atoms with E-state index < -0.39 is 12.5 Å². The fraction of sp³-hybridized carbons (Fsp3) is 0.353. The highest BCUT2D eigenvalue weighted by Gasteiger charge is 2.47. The van der Waals surface area contributed by atoms with Crippen LogP contribution in [0.4, 0.5) is 0 Å². The Bertz CT molecular complexity index is 712. The van der Waals surface area contributed by atoms with Crippen LogP contribution < -0.4 is 4.74 Å². The average molecular weight is 413 g/mol. The van der Waals surface area contributed by atoms with Gasteiger partial charge < -0.3 is 4.74 Å². The Kier molecular flexibility index (Phi) is 4.78. The van der Waals surface area contributed by atoms with Crippen LogP contribution in [0, 0.1) is 18.8 Å². The molecule has 0 N–H and O–H groups in total. The van der Waals surface area contributed by atoms with E-state index in [4.69, 9.17) is 16.3 Å². The van der Waals surface area contributed by atoms with Crippen LogP contribution in [0.2, 0.25) is 5.02 Å². The van der Waals surface area contributed by atoms with Gasteiger partial charge in [0.2, 0.25) is 11.8 Å². The number of esters is 1. The molecule has 1 heterocycles. The number of benzene rings is 1. The first kappa shape index (κ1) is 17.2. The van der Waals surface area contributed by atoms with Crippen molar-refractivity contribution in [2.45, 2.75) is 19.8 Å². The van der Waals surface area contributed by atoms with Crippen LogP contribution in [0.25, 0.3) is 0 Å². The van der Waals surface area contributed by atoms with Gasteiger partial charge in [-0.2, -0.15) is 0 Å². The second-order valence-corrected chi connectivity index (χ2v) is 7.25. The largest absolute Gasteiger partial charge is 0.423 e. The first-order chi connectivity index (χ1) is 11.4. The normalized spacial score (nSPS) is 22.7. The summed E-state index contributed by atoms with van der Waals surface area (Å²) in [7, 11) is 0. The Hall–Kier alpha value is -1.66. The average Bonchev–Trinajstić information content (AvgIpc) is 2.76. The van der Waals surface area contributed by atoms with Crippen LogP contribution in [-0.2, 0) is 14.4 Å². The smallest absolute Gasteiger partial charge is 0.331 e. The van der Waals surface area contributed by atoms with Gasteiger partial charge in [0.1, 0.15) is 6.54 Å². The van der Waals surface area contributed by atoms with Crippen molar-refractivity contribution in [3.63, 3.8) is 0 Å². The van der Waals surface area contributed by atoms with E-state index in [0.717, 1.165) is 9.37 Å². The zero-order chi connectivity index (χ0) is 17.4. The van der Waals surface area contributed by atoms with E-state index in [9.17, 15) is 14.4 Å². The van der Waals surface area contributed by atoms with Crippen molar-refractivity contribution in [2.24, 2.45) is 11.8 Å². The molecule has 2 atom stereocenters. The minimum atomic E-state index is -0.685. The first-order valence-corrected chi connectivity index (χ1v) is 8.72. The highest BCUT2D eigenvalue weighted by Crippen LogP contribution is 2.35. The van der Waals surface area contributed by atoms with E-state index in [2.05, 4.69) is 15.9 Å². The predicted octanol–water partition coefficient (Wildman–Crippen LogP) is 3.27. The van der Waals surface area contributed by atoms with Crippen molar-refractivity contribution in [1.82, 2.24) is 4.90 Å². The van der Waals surface area contributed by atoms with Crippen molar-refractivity contribution >= 4 is 45.3 Å². The standard InChI is InChI=1S/C17H15BrClNO4/c1-9-6-10(18)7-13(19)15(9)24-14(21)8-20-16(22)11-4-2-3-5-12(11)17(20)23/h2-3,6-7,11-12H,4-5,8H2,1H3/t11-,12-/m0/s1. The summed E-state index contributed by atoms with van der Waals surface area (Å²) in [5, 5.41) is 0.284. The summed E-state index contributed by atoms with van der Waals surface area (Å²) in [5.41, 5.74) is 0.680. The maximum Gasteiger partial charge on any atom is 0.331 e. The maximum absolute atomic E-state index is 12.3. The van der Waals surface area contributed by atoms with E-state index in [1.54, 1.807) is 19.1 Å². The summed E-state index contributed by atoms with van der Waals surface area (Å²) in [6, 6.07) is 3.38. The Labute approximate surface area is 152 Å². The van der Waals surface area contributed by atoms with Crippen LogP contribution >= 0.6 is 27.5 Å². The second kappa shape index (κ2) is 6.69. The van der Waals surface area contributed by atoms with Crippen molar-refractivity contribution in [3.05, 3.63) is 39.3 Å². The van der Waals surface area contributed by atoms with Gasteiger partial charge in [-0.3, -0.25) is 14.5 Å². The Balaban J connectivity index is 1.72. The highest BCUT2D eigenvalue weighted by atomic mass is 79.9. The maximum atomic E-state index is 12.3. The SMILES string of the molecule is Cc1cc(Br)cc(Cl)c1OC(=O)CN1C(=O)[C@H]2CC=CC[C@@H]2C1=O. The zero-order valence-electron chi connectivity index (χ0n) is 12.9. The van der Waals surface area contributed by atoms with Gasteiger partial charge in [-0.05, 0) is 37.5 Å². The number of amides is 2. The van der Waals surface area contributed by atoms with Crippen molar-refractivity contribution in [3.8, 4) is 5.75 Å². The van der Waals surface area contributed by atoms with Crippen LogP contribution in [0.15, 0.2) is 28.8 Å². The summed E-state index contributed by atoms with van der Waals surface area (Å²) < 4.78 is 6.06. The quantitative estimate of drug-likeness (QED) is 0.331. The van der Waals surface area contributed by atoms with Gasteiger partial charge in [-0.15, -0.1) is 0 Å². The first-order valence-electron chi connectivity index (χ1n) is 7.55. The number of hydrogen-bond acceptors (Lipinski definition) is 4. The second-order valence-electron chi connectivity index (χ2n) is 5.93. The minimum absolute atomic E-state index is 0.239. The molecule has 1 aliphatic carbocycles. The number of nitrogens with zero attached hydrogens (tertiary/aromatic N) is 1. The predicted molar refractivity (Wildman–Crippen MR) is 91.6 cm³/mol. The molecule has 1 fully saturated rings. The van der Waals surface area contributed by atoms with E-state index in [0.29, 0.717) is 18.4 Å². The molecule has 0 spiro atoms. The molecule has 24 heavy (non-hydrogen) atoms. The fourth-order valence-electron chi connectivity index (χ4n) is 3.12. The van der Waals surface area contributed by atoms with Gasteiger partial charge in [0.25, 0.3) is 0 Å². The number of fused-ring (bicyclic) bond motifs is 1. The minimum Gasteiger partial charge on any atom is -0.423 e. The Morgan fingerprint density at radius 3 is 2.38 bits per heavy atom. The van der Waals surface area contributed by atoms with Crippen LogP contribution in [-0.4, -0.2) is 29.2 Å². The molecular weight excluding hydrogens is 398 g/mol. The van der Waals surface area contributed by atoms with Gasteiger partial charge >= 0.3 is 5.97 Å². The topological polar surface area (TPSA) is 63.7 Å². The summed E-state index contributed by atoms with van der Waals surface area (Å²) in [6.45, 7) is 1.36. The number of ether oxygens (including phenoxy) is 1. The number of allylic oxidation sites excluding steroid dienone is 2. The number of carbonyl (C=O) groups excluding carboxylic acids is 3. The molecule has 1 aromatic rings. The number of rotatable bonds is 3. The summed E-state index contributed by atoms with van der Waals surface area (Å²) in [4.78, 5) is 37.9. The molecule has 1 aliphatic heterocycles. The Morgan fingerprint density at radius 2 is 1.83 bits per heavy atom. The number of hydrogen-bond donors (Lipinski definition) is 0. The molecule has 126 valence electrons. The van der Waals surface area contributed by atoms with Crippen molar-refractivity contribution in [2.75, 3.05) is 6.54 Å². The third kappa shape index (κ3) is 3.13. The molecule has 1 saturated heterocycles. The fourth-order valence-corrected chi connectivity index (χ4v) is 4.13. The molecule has 5 nitrogen and oxygen atoms in total. The number of aryl methyl sites for hydroxylation is 1. The lowest BCUT2D eigenvalue weighted by molar-refractivity contribution is -0.148. The molecule has 0 bridgehead atoms. The highest BCUT2D eigenvalue weighted by molar-refractivity contribution is 9.10. The van der Waals surface area contributed by atoms with Crippen LogP contribution in [0.1, 0.15) is 18.4 Å². The summed E-state index contributed by atoms with van der Waals surface area (Å²) in [6.07, 6.45) is 4.88. The third-order valence-corrected chi connectivity index (χ3v) is 5.03.